The third-order valence-electron chi connectivity index (χ3n) is 7.97. The van der Waals surface area contributed by atoms with Crippen molar-refractivity contribution in [2.24, 2.45) is 11.8 Å². The van der Waals surface area contributed by atoms with Crippen molar-refractivity contribution in [3.05, 3.63) is 59.7 Å². The minimum absolute atomic E-state index is 0.0192. The number of hydrogen-bond acceptors (Lipinski definition) is 15. The zero-order valence-corrected chi connectivity index (χ0v) is 32.3. The minimum Gasteiger partial charge on any atom is -0.430 e. The van der Waals surface area contributed by atoms with Crippen LogP contribution < -0.4 is 21.3 Å². The fourth-order valence-corrected chi connectivity index (χ4v) is 6.68. The first kappa shape index (κ1) is 46.8. The van der Waals surface area contributed by atoms with Gasteiger partial charge in [0.15, 0.2) is 0 Å². The SMILES string of the molecule is CC(C)C[C@H](NC(=O)[C@H](Cc1ccccc1)NC(=O)c1cnc(CSSCCNC(=O)[C@@H](C)CCC(=O)NC[C@H](O)[C@@H](O)[C@H](O)[C@H](O)CO)cn1)OBO. The molecule has 2 rings (SSSR count). The lowest BCUT2D eigenvalue weighted by Crippen LogP contribution is -2.51. The van der Waals surface area contributed by atoms with Gasteiger partial charge in [0.2, 0.25) is 17.7 Å². The molecule has 0 saturated carbocycles. The number of amides is 4. The van der Waals surface area contributed by atoms with Crippen LogP contribution in [0.3, 0.4) is 0 Å². The summed E-state index contributed by atoms with van der Waals surface area (Å²) in [6, 6.07) is 8.28. The number of aliphatic hydroxyl groups excluding tert-OH is 5. The van der Waals surface area contributed by atoms with Crippen LogP contribution in [-0.4, -0.2) is 134 Å². The lowest BCUT2D eigenvalue weighted by atomic mass is 10.0. The summed E-state index contributed by atoms with van der Waals surface area (Å²) in [5.74, 6) is -0.978. The Hall–Kier alpha value is -3.34. The summed E-state index contributed by atoms with van der Waals surface area (Å²) in [6.45, 7) is 4.77. The molecule has 4 amide bonds. The predicted octanol–water partition coefficient (Wildman–Crippen LogP) is -1.45. The number of nitrogens with zero attached hydrogens (tertiary/aromatic N) is 2. The first-order valence-electron chi connectivity index (χ1n) is 17.6. The Balaban J connectivity index is 1.74. The standard InChI is InChI=1S/C34H53BN6O11S2/c1-20(2)13-29(52-35-51)41-33(49)24(14-22-7-5-4-6-8-22)40-34(50)25-16-37-23(15-38-25)19-54-53-12-11-36-32(48)21(3)9-10-28(45)39-17-26(43)30(46)31(47)27(44)18-42/h4-8,15-16,20-21,24,26-27,29-31,35,42-44,46-47,51H,9-14,17-19H2,1-3H3,(H,36,48)(H,39,45)(H,40,50)(H,41,49)/t21-,24-,26-,27+,29+,30+,31+/m0/s1. The maximum Gasteiger partial charge on any atom is 0.436 e. The van der Waals surface area contributed by atoms with Gasteiger partial charge in [0.1, 0.15) is 36.3 Å². The Kier molecular flexibility index (Phi) is 22.3. The molecule has 0 spiro atoms. The van der Waals surface area contributed by atoms with Gasteiger partial charge in [0.05, 0.1) is 30.8 Å². The molecule has 1 aromatic carbocycles. The van der Waals surface area contributed by atoms with Crippen molar-refractivity contribution in [2.75, 3.05) is 25.4 Å². The second kappa shape index (κ2) is 25.7. The van der Waals surface area contributed by atoms with E-state index in [1.807, 2.05) is 44.2 Å². The molecule has 20 heteroatoms. The third-order valence-corrected chi connectivity index (χ3v) is 10.3. The Bertz CT molecular complexity index is 1420. The van der Waals surface area contributed by atoms with Gasteiger partial charge in [-0.1, -0.05) is 72.7 Å². The van der Waals surface area contributed by atoms with Gasteiger partial charge in [-0.3, -0.25) is 24.2 Å². The molecule has 7 atom stereocenters. The third kappa shape index (κ3) is 17.9. The Morgan fingerprint density at radius 2 is 1.59 bits per heavy atom. The van der Waals surface area contributed by atoms with E-state index < -0.39 is 81.2 Å². The number of carbonyl (C=O) groups is 4. The first-order chi connectivity index (χ1) is 25.7. The predicted molar refractivity (Wildman–Crippen MR) is 205 cm³/mol. The van der Waals surface area contributed by atoms with Gasteiger partial charge in [0.25, 0.3) is 5.91 Å². The first-order valence-corrected chi connectivity index (χ1v) is 20.0. The molecular weight excluding hydrogens is 743 g/mol. The van der Waals surface area contributed by atoms with Crippen molar-refractivity contribution in [1.29, 1.82) is 0 Å². The number of rotatable bonds is 26. The molecule has 300 valence electrons. The number of hydrogen-bond donors (Lipinski definition) is 10. The summed E-state index contributed by atoms with van der Waals surface area (Å²) in [4.78, 5) is 59.5. The zero-order chi connectivity index (χ0) is 40.0. The molecular formula is C34H53BN6O11S2. The van der Waals surface area contributed by atoms with Crippen molar-refractivity contribution in [2.45, 2.75) is 88.9 Å². The van der Waals surface area contributed by atoms with E-state index in [0.717, 1.165) is 5.56 Å². The monoisotopic (exact) mass is 796 g/mol. The van der Waals surface area contributed by atoms with Crippen molar-refractivity contribution >= 4 is 52.9 Å². The molecule has 0 aliphatic heterocycles. The highest BCUT2D eigenvalue weighted by molar-refractivity contribution is 8.76. The molecule has 10 N–H and O–H groups in total. The summed E-state index contributed by atoms with van der Waals surface area (Å²) in [5, 5.41) is 67.6. The quantitative estimate of drug-likeness (QED) is 0.0226. The van der Waals surface area contributed by atoms with Crippen LogP contribution in [0, 0.1) is 11.8 Å². The summed E-state index contributed by atoms with van der Waals surface area (Å²) >= 11 is 0. The highest BCUT2D eigenvalue weighted by Gasteiger charge is 2.30. The second-order valence-electron chi connectivity index (χ2n) is 12.9. The van der Waals surface area contributed by atoms with Crippen LogP contribution >= 0.6 is 21.6 Å². The van der Waals surface area contributed by atoms with Gasteiger partial charge in [0, 0.05) is 43.4 Å². The number of benzene rings is 1. The number of carbonyl (C=O) groups excluding carboxylic acids is 4. The molecule has 0 unspecified atom stereocenters. The molecule has 1 aromatic heterocycles. The smallest absolute Gasteiger partial charge is 0.430 e. The lowest BCUT2D eigenvalue weighted by molar-refractivity contribution is -0.127. The second-order valence-corrected chi connectivity index (χ2v) is 15.5. The average molecular weight is 797 g/mol. The van der Waals surface area contributed by atoms with E-state index in [1.54, 1.807) is 6.92 Å². The van der Waals surface area contributed by atoms with Crippen molar-refractivity contribution in [3.8, 4) is 0 Å². The number of aromatic nitrogens is 2. The highest BCUT2D eigenvalue weighted by atomic mass is 33.1. The Morgan fingerprint density at radius 3 is 2.22 bits per heavy atom. The Labute approximate surface area is 323 Å². The van der Waals surface area contributed by atoms with E-state index in [-0.39, 0.29) is 36.8 Å². The van der Waals surface area contributed by atoms with E-state index in [4.69, 9.17) is 9.76 Å². The maximum absolute atomic E-state index is 13.3. The van der Waals surface area contributed by atoms with Crippen molar-refractivity contribution in [1.82, 2.24) is 31.2 Å². The van der Waals surface area contributed by atoms with Crippen LogP contribution in [0.15, 0.2) is 42.7 Å². The van der Waals surface area contributed by atoms with Gasteiger partial charge in [-0.05, 0) is 24.3 Å². The molecule has 2 aromatic rings. The largest absolute Gasteiger partial charge is 0.436 e. The van der Waals surface area contributed by atoms with Gasteiger partial charge in [-0.25, -0.2) is 4.98 Å². The van der Waals surface area contributed by atoms with E-state index in [2.05, 4.69) is 31.2 Å². The van der Waals surface area contributed by atoms with Crippen LogP contribution in [0.4, 0.5) is 0 Å². The highest BCUT2D eigenvalue weighted by Crippen LogP contribution is 2.24. The van der Waals surface area contributed by atoms with Crippen LogP contribution in [-0.2, 0) is 31.2 Å². The average Bonchev–Trinajstić information content (AvgIpc) is 3.16. The van der Waals surface area contributed by atoms with E-state index in [1.165, 1.54) is 34.0 Å². The molecule has 0 fully saturated rings. The van der Waals surface area contributed by atoms with Crippen LogP contribution in [0.5, 0.6) is 0 Å². The fraction of sp³-hybridized carbons (Fsp3) is 0.588. The number of aliphatic hydroxyl groups is 5. The molecule has 0 saturated heterocycles. The summed E-state index contributed by atoms with van der Waals surface area (Å²) in [6.07, 6.45) is -3.81. The van der Waals surface area contributed by atoms with Gasteiger partial charge in [-0.2, -0.15) is 0 Å². The van der Waals surface area contributed by atoms with Gasteiger partial charge >= 0.3 is 7.69 Å². The van der Waals surface area contributed by atoms with Crippen molar-refractivity contribution in [3.63, 3.8) is 0 Å². The minimum atomic E-state index is -1.79. The van der Waals surface area contributed by atoms with Crippen LogP contribution in [0.1, 0.15) is 61.8 Å². The van der Waals surface area contributed by atoms with E-state index in [0.29, 0.717) is 30.2 Å². The molecule has 17 nitrogen and oxygen atoms in total. The molecule has 0 radical (unpaired) electrons. The van der Waals surface area contributed by atoms with Gasteiger partial charge in [-0.15, -0.1) is 0 Å². The summed E-state index contributed by atoms with van der Waals surface area (Å²) in [5.41, 5.74) is 1.49. The molecule has 54 heavy (non-hydrogen) atoms. The van der Waals surface area contributed by atoms with E-state index >= 15 is 0 Å². The Morgan fingerprint density at radius 1 is 0.889 bits per heavy atom. The van der Waals surface area contributed by atoms with Crippen molar-refractivity contribution < 1.29 is 54.4 Å². The maximum atomic E-state index is 13.3. The molecule has 0 bridgehead atoms. The molecule has 1 heterocycles. The lowest BCUT2D eigenvalue weighted by Gasteiger charge is -2.25. The van der Waals surface area contributed by atoms with E-state index in [9.17, 15) is 44.6 Å². The molecule has 0 aliphatic rings. The summed E-state index contributed by atoms with van der Waals surface area (Å²) in [7, 11) is 2.42. The van der Waals surface area contributed by atoms with Gasteiger partial charge < -0.3 is 56.5 Å². The zero-order valence-electron chi connectivity index (χ0n) is 30.7. The number of nitrogens with one attached hydrogen (secondary N) is 4. The summed E-state index contributed by atoms with van der Waals surface area (Å²) < 4.78 is 5.27. The topological polar surface area (TPSA) is 273 Å². The molecule has 0 aliphatic carbocycles. The van der Waals surface area contributed by atoms with Crippen LogP contribution in [0.25, 0.3) is 0 Å². The normalized spacial score (nSPS) is 15.2. The fourth-order valence-electron chi connectivity index (χ4n) is 4.80. The van der Waals surface area contributed by atoms with Crippen LogP contribution in [0.2, 0.25) is 0 Å².